The van der Waals surface area contributed by atoms with Crippen LogP contribution >= 0.6 is 15.9 Å². The van der Waals surface area contributed by atoms with E-state index in [0.29, 0.717) is 14.7 Å². The number of nitrogens with zero attached hydrogens (tertiary/aromatic N) is 2. The number of benzene rings is 2. The number of fused-ring (bicyclic) bond motifs is 1. The average molecular weight is 521 g/mol. The number of H-pyrrole nitrogens is 1. The number of alkyl halides is 3. The summed E-state index contributed by atoms with van der Waals surface area (Å²) in [5.41, 5.74) is -2.52. The van der Waals surface area contributed by atoms with E-state index in [0.717, 1.165) is 0 Å². The van der Waals surface area contributed by atoms with Gasteiger partial charge in [0.15, 0.2) is 11.4 Å². The maximum absolute atomic E-state index is 13.8. The minimum Gasteiger partial charge on any atom is -0.493 e. The third-order valence-electron chi connectivity index (χ3n) is 4.95. The van der Waals surface area contributed by atoms with E-state index in [2.05, 4.69) is 31.3 Å². The molecule has 0 bridgehead atoms. The molecule has 0 radical (unpaired) electrons. The summed E-state index contributed by atoms with van der Waals surface area (Å²) in [4.78, 5) is 30.3. The predicted molar refractivity (Wildman–Crippen MR) is 120 cm³/mol. The van der Waals surface area contributed by atoms with Gasteiger partial charge in [0, 0.05) is 0 Å². The molecule has 0 saturated carbocycles. The highest BCUT2D eigenvalue weighted by Gasteiger charge is 2.38. The van der Waals surface area contributed by atoms with Gasteiger partial charge >= 0.3 is 6.18 Å². The highest BCUT2D eigenvalue weighted by atomic mass is 79.9. The number of ether oxygens (including phenoxy) is 1. The maximum Gasteiger partial charge on any atom is 0.433 e. The van der Waals surface area contributed by atoms with Crippen LogP contribution in [-0.4, -0.2) is 27.6 Å². The van der Waals surface area contributed by atoms with Crippen molar-refractivity contribution in [2.45, 2.75) is 13.1 Å². The number of aryl methyl sites for hydroxylation is 1. The van der Waals surface area contributed by atoms with Gasteiger partial charge in [0.25, 0.3) is 11.5 Å². The Morgan fingerprint density at radius 3 is 2.48 bits per heavy atom. The van der Waals surface area contributed by atoms with Crippen molar-refractivity contribution >= 4 is 33.2 Å². The van der Waals surface area contributed by atoms with Gasteiger partial charge in [0.1, 0.15) is 11.3 Å². The molecule has 0 atom stereocenters. The van der Waals surface area contributed by atoms with E-state index in [1.165, 1.54) is 26.2 Å². The van der Waals surface area contributed by atoms with Crippen molar-refractivity contribution in [3.8, 4) is 16.9 Å². The summed E-state index contributed by atoms with van der Waals surface area (Å²) in [5, 5.41) is 4.66. The molecule has 0 aliphatic rings. The number of hydrogen-bond donors (Lipinski definition) is 2. The second-order valence-electron chi connectivity index (χ2n) is 7.04. The van der Waals surface area contributed by atoms with Crippen LogP contribution in [0.15, 0.2) is 57.8 Å². The van der Waals surface area contributed by atoms with E-state index in [-0.39, 0.29) is 28.2 Å². The molecule has 0 saturated heterocycles. The largest absolute Gasteiger partial charge is 0.493 e. The lowest BCUT2D eigenvalue weighted by molar-refractivity contribution is -0.140. The zero-order valence-corrected chi connectivity index (χ0v) is 18.8. The molecular formula is C22H16BrF3N4O3. The van der Waals surface area contributed by atoms with Crippen molar-refractivity contribution in [3.63, 3.8) is 0 Å². The highest BCUT2D eigenvalue weighted by molar-refractivity contribution is 9.10. The van der Waals surface area contributed by atoms with Gasteiger partial charge in [-0.3, -0.25) is 14.7 Å². The Morgan fingerprint density at radius 2 is 1.85 bits per heavy atom. The molecule has 0 aliphatic carbocycles. The Balaban J connectivity index is 1.90. The molecule has 2 aromatic carbocycles. The maximum atomic E-state index is 13.8. The van der Waals surface area contributed by atoms with E-state index in [4.69, 9.17) is 4.74 Å². The topological polar surface area (TPSA) is 88.5 Å². The number of aromatic nitrogens is 3. The number of amides is 1. The Bertz CT molecular complexity index is 1430. The smallest absolute Gasteiger partial charge is 0.433 e. The van der Waals surface area contributed by atoms with Crippen LogP contribution in [0.5, 0.6) is 5.75 Å². The van der Waals surface area contributed by atoms with Gasteiger partial charge in [0.2, 0.25) is 0 Å². The Labute approximate surface area is 193 Å². The molecule has 4 aromatic rings. The van der Waals surface area contributed by atoms with E-state index in [1.807, 2.05) is 0 Å². The van der Waals surface area contributed by atoms with Crippen LogP contribution in [-0.2, 0) is 6.18 Å². The van der Waals surface area contributed by atoms with Gasteiger partial charge in [-0.05, 0) is 40.5 Å². The fraction of sp³-hybridized carbons (Fsp3) is 0.136. The summed E-state index contributed by atoms with van der Waals surface area (Å²) < 4.78 is 47.9. The highest BCUT2D eigenvalue weighted by Crippen LogP contribution is 2.38. The number of carbonyl (C=O) groups excluding carboxylic acids is 1. The number of halogens is 4. The van der Waals surface area contributed by atoms with E-state index in [9.17, 15) is 22.8 Å². The van der Waals surface area contributed by atoms with Gasteiger partial charge in [-0.25, -0.2) is 4.98 Å². The molecule has 0 spiro atoms. The zero-order chi connectivity index (χ0) is 23.9. The minimum atomic E-state index is -4.79. The molecule has 2 heterocycles. The summed E-state index contributed by atoms with van der Waals surface area (Å²) in [6.07, 6.45) is -4.79. The van der Waals surface area contributed by atoms with Crippen LogP contribution in [0.4, 0.5) is 18.9 Å². The van der Waals surface area contributed by atoms with E-state index in [1.54, 1.807) is 36.4 Å². The van der Waals surface area contributed by atoms with Crippen LogP contribution in [0.1, 0.15) is 21.7 Å². The van der Waals surface area contributed by atoms with Gasteiger partial charge in [0.05, 0.1) is 28.5 Å². The van der Waals surface area contributed by atoms with Crippen LogP contribution in [0, 0.1) is 6.92 Å². The van der Waals surface area contributed by atoms with E-state index < -0.39 is 28.9 Å². The molecule has 7 nitrogen and oxygen atoms in total. The number of methoxy groups -OCH3 is 1. The van der Waals surface area contributed by atoms with Gasteiger partial charge in [-0.15, -0.1) is 0 Å². The molecule has 11 heteroatoms. The monoisotopic (exact) mass is 520 g/mol. The normalized spacial score (nSPS) is 11.6. The van der Waals surface area contributed by atoms with Crippen molar-refractivity contribution in [1.29, 1.82) is 0 Å². The first kappa shape index (κ1) is 22.6. The first-order chi connectivity index (χ1) is 15.6. The van der Waals surface area contributed by atoms with E-state index >= 15 is 0 Å². The fourth-order valence-electron chi connectivity index (χ4n) is 3.52. The number of para-hydroxylation sites is 1. The Kier molecular flexibility index (Phi) is 5.75. The third kappa shape index (κ3) is 3.99. The summed E-state index contributed by atoms with van der Waals surface area (Å²) in [6, 6.07) is 12.7. The van der Waals surface area contributed by atoms with Crippen LogP contribution in [0.25, 0.3) is 16.8 Å². The van der Waals surface area contributed by atoms with Crippen molar-refractivity contribution in [2.24, 2.45) is 0 Å². The van der Waals surface area contributed by atoms with Crippen LogP contribution in [0.3, 0.4) is 0 Å². The molecule has 0 aliphatic heterocycles. The lowest BCUT2D eigenvalue weighted by Gasteiger charge is -2.12. The quantitative estimate of drug-likeness (QED) is 0.394. The SMILES string of the molecule is COc1c(Br)cccc1NC(=O)c1c(C)nc2c(-c3ccccc3)c(C(F)(F)F)[nH]n2c1=O. The second kappa shape index (κ2) is 8.39. The van der Waals surface area contributed by atoms with Gasteiger partial charge < -0.3 is 10.1 Å². The fourth-order valence-corrected chi connectivity index (χ4v) is 4.05. The van der Waals surface area contributed by atoms with Crippen molar-refractivity contribution in [3.05, 3.63) is 80.3 Å². The van der Waals surface area contributed by atoms with Crippen molar-refractivity contribution in [2.75, 3.05) is 12.4 Å². The summed E-state index contributed by atoms with van der Waals surface area (Å²) in [6.45, 7) is 1.39. The number of carbonyl (C=O) groups is 1. The number of nitrogens with one attached hydrogen (secondary N) is 2. The summed E-state index contributed by atoms with van der Waals surface area (Å²) >= 11 is 3.30. The molecule has 4 rings (SSSR count). The third-order valence-corrected chi connectivity index (χ3v) is 5.58. The van der Waals surface area contributed by atoms with Crippen LogP contribution < -0.4 is 15.6 Å². The summed E-state index contributed by atoms with van der Waals surface area (Å²) in [5.74, 6) is -0.511. The summed E-state index contributed by atoms with van der Waals surface area (Å²) in [7, 11) is 1.41. The lowest BCUT2D eigenvalue weighted by Crippen LogP contribution is -2.29. The second-order valence-corrected chi connectivity index (χ2v) is 7.89. The standard InChI is InChI=1S/C22H16BrF3N4O3/c1-11-15(20(31)28-14-10-6-9-13(23)17(14)33-2)21(32)30-19(27-11)16(12-7-4-3-5-8-12)18(29-30)22(24,25)26/h3-10,29H,1-2H3,(H,28,31). The molecule has 0 unspecified atom stereocenters. The zero-order valence-electron chi connectivity index (χ0n) is 17.2. The van der Waals surface area contributed by atoms with Crippen molar-refractivity contribution < 1.29 is 22.7 Å². The lowest BCUT2D eigenvalue weighted by atomic mass is 10.1. The van der Waals surface area contributed by atoms with Crippen molar-refractivity contribution in [1.82, 2.24) is 14.6 Å². The molecule has 0 fully saturated rings. The Morgan fingerprint density at radius 1 is 1.15 bits per heavy atom. The Hall–Kier alpha value is -3.60. The first-order valence-corrected chi connectivity index (χ1v) is 10.3. The molecule has 2 aromatic heterocycles. The van der Waals surface area contributed by atoms with Crippen LogP contribution in [0.2, 0.25) is 0 Å². The van der Waals surface area contributed by atoms with Gasteiger partial charge in [-0.2, -0.15) is 17.7 Å². The predicted octanol–water partition coefficient (Wildman–Crippen LogP) is 5.04. The number of aromatic amines is 1. The molecule has 170 valence electrons. The minimum absolute atomic E-state index is 0.0173. The molecular weight excluding hydrogens is 505 g/mol. The first-order valence-electron chi connectivity index (χ1n) is 9.55. The number of anilines is 1. The number of hydrogen-bond acceptors (Lipinski definition) is 4. The molecule has 1 amide bonds. The van der Waals surface area contributed by atoms with Gasteiger partial charge in [-0.1, -0.05) is 36.4 Å². The average Bonchev–Trinajstić information content (AvgIpc) is 3.15. The number of rotatable bonds is 4. The molecule has 2 N–H and O–H groups in total. The molecule has 33 heavy (non-hydrogen) atoms.